The molecule has 0 radical (unpaired) electrons. The van der Waals surface area contributed by atoms with Gasteiger partial charge in [0.05, 0.1) is 30.7 Å². The summed E-state index contributed by atoms with van der Waals surface area (Å²) in [6.07, 6.45) is 5.17. The minimum absolute atomic E-state index is 0.0214. The SMILES string of the molecule is Cn1c(-c2cn(CCO)nn2)nc(-c2ccc(F)cc2)c1-c1ccncc1. The van der Waals surface area contributed by atoms with Gasteiger partial charge in [-0.1, -0.05) is 5.21 Å². The monoisotopic (exact) mass is 364 g/mol. The van der Waals surface area contributed by atoms with Crippen molar-refractivity contribution in [3.05, 3.63) is 60.8 Å². The Bertz CT molecular complexity index is 1060. The van der Waals surface area contributed by atoms with E-state index in [4.69, 9.17) is 10.1 Å². The van der Waals surface area contributed by atoms with Gasteiger partial charge in [-0.05, 0) is 36.4 Å². The molecule has 8 heteroatoms. The quantitative estimate of drug-likeness (QED) is 0.588. The first-order chi connectivity index (χ1) is 13.2. The molecule has 0 saturated carbocycles. The Kier molecular flexibility index (Phi) is 4.47. The zero-order chi connectivity index (χ0) is 18.8. The van der Waals surface area contributed by atoms with Gasteiger partial charge in [-0.15, -0.1) is 5.10 Å². The van der Waals surface area contributed by atoms with Gasteiger partial charge in [0.2, 0.25) is 0 Å². The minimum Gasteiger partial charge on any atom is -0.394 e. The van der Waals surface area contributed by atoms with Gasteiger partial charge in [-0.2, -0.15) is 0 Å². The molecule has 0 aliphatic heterocycles. The number of nitrogens with zero attached hydrogens (tertiary/aromatic N) is 6. The highest BCUT2D eigenvalue weighted by Gasteiger charge is 2.20. The van der Waals surface area contributed by atoms with Crippen molar-refractivity contribution in [1.29, 1.82) is 0 Å². The third kappa shape index (κ3) is 3.22. The number of aliphatic hydroxyl groups is 1. The van der Waals surface area contributed by atoms with E-state index in [0.717, 1.165) is 22.5 Å². The fourth-order valence-electron chi connectivity index (χ4n) is 2.99. The van der Waals surface area contributed by atoms with Crippen molar-refractivity contribution in [2.45, 2.75) is 6.54 Å². The van der Waals surface area contributed by atoms with Crippen LogP contribution in [0.5, 0.6) is 0 Å². The maximum absolute atomic E-state index is 13.4. The lowest BCUT2D eigenvalue weighted by molar-refractivity contribution is 0.268. The highest BCUT2D eigenvalue weighted by atomic mass is 19.1. The highest BCUT2D eigenvalue weighted by molar-refractivity contribution is 5.81. The van der Waals surface area contributed by atoms with Gasteiger partial charge in [-0.25, -0.2) is 14.1 Å². The number of pyridine rings is 1. The van der Waals surface area contributed by atoms with Crippen molar-refractivity contribution >= 4 is 0 Å². The van der Waals surface area contributed by atoms with E-state index >= 15 is 0 Å². The molecule has 0 fully saturated rings. The molecular weight excluding hydrogens is 347 g/mol. The van der Waals surface area contributed by atoms with Gasteiger partial charge in [0.1, 0.15) is 11.5 Å². The molecule has 0 unspecified atom stereocenters. The third-order valence-corrected chi connectivity index (χ3v) is 4.26. The Labute approximate surface area is 154 Å². The van der Waals surface area contributed by atoms with Gasteiger partial charge in [0, 0.05) is 30.6 Å². The van der Waals surface area contributed by atoms with Crippen LogP contribution < -0.4 is 0 Å². The number of hydrogen-bond donors (Lipinski definition) is 1. The summed E-state index contributed by atoms with van der Waals surface area (Å²) in [6, 6.07) is 10.0. The number of halogens is 1. The van der Waals surface area contributed by atoms with Crippen LogP contribution in [0, 0.1) is 5.82 Å². The minimum atomic E-state index is -0.299. The molecule has 0 aliphatic rings. The van der Waals surface area contributed by atoms with Crippen molar-refractivity contribution in [3.8, 4) is 34.0 Å². The summed E-state index contributed by atoms with van der Waals surface area (Å²) < 4.78 is 16.9. The molecule has 3 heterocycles. The van der Waals surface area contributed by atoms with Crippen LogP contribution in [-0.4, -0.2) is 41.2 Å². The number of hydrogen-bond acceptors (Lipinski definition) is 5. The summed E-state index contributed by atoms with van der Waals surface area (Å²) in [5.74, 6) is 0.331. The summed E-state index contributed by atoms with van der Waals surface area (Å²) in [5.41, 5.74) is 3.92. The van der Waals surface area contributed by atoms with Crippen LogP contribution in [0.2, 0.25) is 0 Å². The van der Waals surface area contributed by atoms with E-state index in [9.17, 15) is 4.39 Å². The fraction of sp³-hybridized carbons (Fsp3) is 0.158. The molecule has 0 bridgehead atoms. The van der Waals surface area contributed by atoms with Crippen molar-refractivity contribution in [1.82, 2.24) is 29.5 Å². The first-order valence-electron chi connectivity index (χ1n) is 8.42. The molecule has 136 valence electrons. The maximum Gasteiger partial charge on any atom is 0.163 e. The second-order valence-corrected chi connectivity index (χ2v) is 6.02. The Morgan fingerprint density at radius 1 is 1.04 bits per heavy atom. The molecule has 4 rings (SSSR count). The van der Waals surface area contributed by atoms with Crippen molar-refractivity contribution in [2.24, 2.45) is 7.05 Å². The molecule has 7 nitrogen and oxygen atoms in total. The summed E-state index contributed by atoms with van der Waals surface area (Å²) in [5, 5.41) is 17.3. The molecule has 3 aromatic heterocycles. The highest BCUT2D eigenvalue weighted by Crippen LogP contribution is 2.34. The summed E-state index contributed by atoms with van der Waals surface area (Å²) >= 11 is 0. The lowest BCUT2D eigenvalue weighted by Gasteiger charge is -2.07. The molecule has 1 aromatic carbocycles. The zero-order valence-electron chi connectivity index (χ0n) is 14.6. The predicted octanol–water partition coefficient (Wildman–Crippen LogP) is 2.54. The Morgan fingerprint density at radius 3 is 2.48 bits per heavy atom. The summed E-state index contributed by atoms with van der Waals surface area (Å²) in [4.78, 5) is 8.85. The average Bonchev–Trinajstić information content (AvgIpc) is 3.28. The van der Waals surface area contributed by atoms with E-state index in [2.05, 4.69) is 15.3 Å². The molecule has 0 atom stereocenters. The van der Waals surface area contributed by atoms with Gasteiger partial charge < -0.3 is 9.67 Å². The number of aromatic nitrogens is 6. The largest absolute Gasteiger partial charge is 0.394 e. The topological polar surface area (TPSA) is 81.7 Å². The molecule has 4 aromatic rings. The first-order valence-corrected chi connectivity index (χ1v) is 8.42. The normalized spacial score (nSPS) is 11.1. The summed E-state index contributed by atoms with van der Waals surface area (Å²) in [6.45, 7) is 0.339. The van der Waals surface area contributed by atoms with E-state index in [0.29, 0.717) is 18.1 Å². The zero-order valence-corrected chi connectivity index (χ0v) is 14.6. The van der Waals surface area contributed by atoms with E-state index in [1.165, 1.54) is 12.1 Å². The number of aliphatic hydroxyl groups excluding tert-OH is 1. The first kappa shape index (κ1) is 17.0. The average molecular weight is 364 g/mol. The van der Waals surface area contributed by atoms with Crippen LogP contribution in [0.25, 0.3) is 34.0 Å². The smallest absolute Gasteiger partial charge is 0.163 e. The van der Waals surface area contributed by atoms with Crippen LogP contribution in [0.3, 0.4) is 0 Å². The Balaban J connectivity index is 1.90. The molecular formula is C19H17FN6O. The van der Waals surface area contributed by atoms with Crippen molar-refractivity contribution in [3.63, 3.8) is 0 Å². The number of benzene rings is 1. The second kappa shape index (κ2) is 7.08. The van der Waals surface area contributed by atoms with Crippen molar-refractivity contribution in [2.75, 3.05) is 6.61 Å². The standard InChI is InChI=1S/C19H17FN6O/c1-25-18(14-6-8-21-9-7-14)17(13-2-4-15(20)5-3-13)22-19(25)16-12-26(10-11-27)24-23-16/h2-9,12,27H,10-11H2,1H3. The van der Waals surface area contributed by atoms with Gasteiger partial charge in [0.15, 0.2) is 5.82 Å². The predicted molar refractivity (Wildman–Crippen MR) is 97.9 cm³/mol. The maximum atomic E-state index is 13.4. The summed E-state index contributed by atoms with van der Waals surface area (Å²) in [7, 11) is 1.90. The van der Waals surface area contributed by atoms with E-state index in [1.54, 1.807) is 35.4 Å². The van der Waals surface area contributed by atoms with E-state index in [-0.39, 0.29) is 12.4 Å². The fourth-order valence-corrected chi connectivity index (χ4v) is 2.99. The van der Waals surface area contributed by atoms with Crippen LogP contribution in [-0.2, 0) is 13.6 Å². The molecule has 0 amide bonds. The van der Waals surface area contributed by atoms with Crippen LogP contribution in [0.1, 0.15) is 0 Å². The lowest BCUT2D eigenvalue weighted by Crippen LogP contribution is -2.02. The van der Waals surface area contributed by atoms with Gasteiger partial charge in [-0.3, -0.25) is 4.98 Å². The van der Waals surface area contributed by atoms with Crippen LogP contribution >= 0.6 is 0 Å². The van der Waals surface area contributed by atoms with E-state index in [1.807, 2.05) is 23.7 Å². The van der Waals surface area contributed by atoms with Crippen molar-refractivity contribution < 1.29 is 9.50 Å². The van der Waals surface area contributed by atoms with Gasteiger partial charge in [0.25, 0.3) is 0 Å². The Morgan fingerprint density at radius 2 is 1.78 bits per heavy atom. The van der Waals surface area contributed by atoms with Crippen LogP contribution in [0.4, 0.5) is 4.39 Å². The van der Waals surface area contributed by atoms with E-state index < -0.39 is 0 Å². The number of rotatable bonds is 5. The number of imidazole rings is 1. The Hall–Kier alpha value is -3.39. The molecule has 0 saturated heterocycles. The third-order valence-electron chi connectivity index (χ3n) is 4.26. The van der Waals surface area contributed by atoms with Crippen LogP contribution in [0.15, 0.2) is 55.0 Å². The van der Waals surface area contributed by atoms with Gasteiger partial charge >= 0.3 is 0 Å². The lowest BCUT2D eigenvalue weighted by atomic mass is 10.1. The second-order valence-electron chi connectivity index (χ2n) is 6.02. The molecule has 0 aliphatic carbocycles. The molecule has 0 spiro atoms. The molecule has 1 N–H and O–H groups in total. The molecule has 27 heavy (non-hydrogen) atoms.